The highest BCUT2D eigenvalue weighted by molar-refractivity contribution is 6.05. The lowest BCUT2D eigenvalue weighted by molar-refractivity contribution is -0.143. The van der Waals surface area contributed by atoms with E-state index in [2.05, 4.69) is 47.5 Å². The molecule has 3 aliphatic heterocycles. The lowest BCUT2D eigenvalue weighted by Crippen LogP contribution is -2.55. The minimum atomic E-state index is -1.90. The van der Waals surface area contributed by atoms with Crippen LogP contribution in [0.3, 0.4) is 0 Å². The maximum atomic E-state index is 16.0. The molecule has 0 saturated carbocycles. The Labute approximate surface area is 880 Å². The maximum Gasteiger partial charge on any atom is 0.305 e. The lowest BCUT2D eigenvalue weighted by Gasteiger charge is -2.33. The third kappa shape index (κ3) is 46.0. The summed E-state index contributed by atoms with van der Waals surface area (Å²) < 4.78 is 0. The van der Waals surface area contributed by atoms with Crippen LogP contribution in [-0.4, -0.2) is 252 Å². The summed E-state index contributed by atoms with van der Waals surface area (Å²) in [6, 6.07) is -3.12. The van der Waals surface area contributed by atoms with Gasteiger partial charge in [0.05, 0.1) is 78.3 Å². The van der Waals surface area contributed by atoms with Crippen LogP contribution in [0.2, 0.25) is 0 Å². The van der Waals surface area contributed by atoms with E-state index in [1.165, 1.54) is 13.8 Å². The fourth-order valence-electron chi connectivity index (χ4n) is 19.6. The number of rotatable bonds is 54. The van der Waals surface area contributed by atoms with Crippen molar-refractivity contribution in [2.24, 2.45) is 104 Å². The summed E-state index contributed by atoms with van der Waals surface area (Å²) in [5.41, 5.74) is 20.4. The Balaban J connectivity index is 0.0000233. The van der Waals surface area contributed by atoms with Gasteiger partial charge in [-0.05, 0) is 171 Å². The highest BCUT2D eigenvalue weighted by Crippen LogP contribution is 2.39. The van der Waals surface area contributed by atoms with E-state index < -0.39 is 333 Å². The van der Waals surface area contributed by atoms with Crippen LogP contribution in [0, 0.1) is 76.4 Å². The first-order valence-corrected chi connectivity index (χ1v) is 53.2. The molecule has 19 atom stereocenters. The molecule has 836 valence electrons. The van der Waals surface area contributed by atoms with E-state index in [0.717, 1.165) is 6.92 Å². The van der Waals surface area contributed by atoms with Crippen molar-refractivity contribution in [3.05, 3.63) is 72.0 Å². The predicted octanol–water partition coefficient (Wildman–Crippen LogP) is 6.34. The number of unbranched alkanes of at least 4 members (excludes halogenated alkanes) is 1. The monoisotopic (exact) mass is 2110 g/mol. The number of ketones is 8. The van der Waals surface area contributed by atoms with Crippen molar-refractivity contribution in [3.63, 3.8) is 0 Å². The molecule has 0 spiro atoms. The molecule has 1 aliphatic carbocycles. The molecule has 21 N–H and O–H groups in total. The zero-order valence-electron chi connectivity index (χ0n) is 89.8. The highest BCUT2D eigenvalue weighted by atomic mass is 16.4. The maximum absolute atomic E-state index is 16.0. The fraction of sp³-hybridized carbons (Fsp3) is 0.679. The number of aliphatic hydroxyl groups is 2. The van der Waals surface area contributed by atoms with Crippen LogP contribution in [0.1, 0.15) is 307 Å². The van der Waals surface area contributed by atoms with Crippen molar-refractivity contribution in [1.29, 1.82) is 0 Å². The van der Waals surface area contributed by atoms with Crippen LogP contribution in [0.4, 0.5) is 0 Å². The zero-order valence-corrected chi connectivity index (χ0v) is 89.8. The van der Waals surface area contributed by atoms with Crippen LogP contribution >= 0.6 is 0 Å². The average Bonchev–Trinajstić information content (AvgIpc) is 1.62. The molecular weight excluding hydrogens is 1940 g/mol. The number of hydrogen-bond acceptors (Lipinski definition) is 27. The Morgan fingerprint density at radius 3 is 1.63 bits per heavy atom. The van der Waals surface area contributed by atoms with Gasteiger partial charge in [0.1, 0.15) is 17.9 Å². The Morgan fingerprint density at radius 1 is 0.527 bits per heavy atom. The number of nitrogens with two attached hydrogens (primary N) is 4. The minimum Gasteiger partial charge on any atom is -0.481 e. The topological polar surface area (TPSA) is 693 Å². The number of aliphatic carboxylic acids is 3. The van der Waals surface area contributed by atoms with Crippen molar-refractivity contribution in [1.82, 2.24) is 47.4 Å². The van der Waals surface area contributed by atoms with Crippen molar-refractivity contribution >= 4 is 135 Å². The van der Waals surface area contributed by atoms with E-state index >= 15 is 47.9 Å². The summed E-state index contributed by atoms with van der Waals surface area (Å²) >= 11 is 0. The van der Waals surface area contributed by atoms with Gasteiger partial charge in [-0.1, -0.05) is 163 Å². The second-order valence-corrected chi connectivity index (χ2v) is 42.7. The first kappa shape index (κ1) is 130. The van der Waals surface area contributed by atoms with Gasteiger partial charge in [0.15, 0.2) is 40.5 Å². The molecule has 41 nitrogen and oxygen atoms in total. The molecule has 2 fully saturated rings. The zero-order chi connectivity index (χ0) is 113. The second kappa shape index (κ2) is 65.9. The number of carbonyl (C=O) groups is 22. The Bertz CT molecular complexity index is 4930. The molecule has 4 aliphatic rings. The lowest BCUT2D eigenvalue weighted by atomic mass is 9.78. The normalized spacial score (nSPS) is 22.9. The van der Waals surface area contributed by atoms with Crippen molar-refractivity contribution in [2.75, 3.05) is 32.8 Å². The van der Waals surface area contributed by atoms with E-state index in [9.17, 15) is 83.1 Å². The molecule has 150 heavy (non-hydrogen) atoms. The van der Waals surface area contributed by atoms with Crippen LogP contribution in [-0.2, 0) is 112 Å². The van der Waals surface area contributed by atoms with Crippen molar-refractivity contribution in [2.45, 2.75) is 362 Å². The summed E-state index contributed by atoms with van der Waals surface area (Å²) in [4.78, 5) is 318. The third-order valence-corrected chi connectivity index (χ3v) is 27.8. The number of allylic oxidation sites excluding steroid dienone is 4. The SMILES string of the molecule is CC.CC(=O)C[C@@H](CC(C)C)C(=O)N[C@@H](CO)C(=O)C[C@@H](CCC(N)=O)C(=O)N[C@@H](CCC(=O)O)C(=O)C[C@H](C(=O)N[C@@H](Cc1ccccc1)C(=O)C[C@@]12CCN(CCCCCCCCC[C@@](C)(C(=O)C[C@@H](CCC(=O)O)C(=O)N[C@@H](CC(N)=O)C(N)=O)NC(=O)[C@H](CC(C)C)CC(=O)[C@H](CC(C)C)NC(=O)[C@H](CCCCN)CC(=O)[C@H](CC3=CN=C4C=CC=CC34)NC(=O)[C@H](CC(C)C)CC(=O)[C@H](CC(=O)O)NC1=O)C2)C(C)O. The summed E-state index contributed by atoms with van der Waals surface area (Å²) in [5.74, 6) is -31.5. The molecular formula is C109H168N14O27. The number of carboxylic acids is 3. The number of benzene rings is 1. The molecule has 2 saturated heterocycles. The van der Waals surface area contributed by atoms with Crippen LogP contribution < -0.4 is 65.5 Å². The van der Waals surface area contributed by atoms with Gasteiger partial charge in [-0.25, -0.2) is 0 Å². The van der Waals surface area contributed by atoms with E-state index in [0.29, 0.717) is 74.8 Å². The van der Waals surface area contributed by atoms with Gasteiger partial charge in [-0.3, -0.25) is 106 Å². The number of Topliss-reactive ketones (excluding diaryl/α,β-unsaturated/α-hetero) is 8. The van der Waals surface area contributed by atoms with Gasteiger partial charge < -0.3 is 101 Å². The first-order valence-electron chi connectivity index (χ1n) is 53.2. The van der Waals surface area contributed by atoms with Crippen LogP contribution in [0.15, 0.2) is 71.4 Å². The summed E-state index contributed by atoms with van der Waals surface area (Å²) in [5, 5.41) is 73.9. The number of hydrogen-bond donors (Lipinski definition) is 17. The van der Waals surface area contributed by atoms with Crippen molar-refractivity contribution in [3.8, 4) is 0 Å². The summed E-state index contributed by atoms with van der Waals surface area (Å²) in [6.45, 7) is 21.7. The molecule has 3 unspecified atom stereocenters. The van der Waals surface area contributed by atoms with E-state index in [1.54, 1.807) is 82.5 Å². The number of aliphatic hydroxyl groups excluding tert-OH is 2. The number of fused-ring (bicyclic) bond motifs is 3. The Kier molecular flexibility index (Phi) is 57.2. The predicted molar refractivity (Wildman–Crippen MR) is 558 cm³/mol. The van der Waals surface area contributed by atoms with Crippen LogP contribution in [0.5, 0.6) is 0 Å². The molecule has 1 aromatic rings. The van der Waals surface area contributed by atoms with Gasteiger partial charge >= 0.3 is 17.9 Å². The van der Waals surface area contributed by atoms with E-state index in [4.69, 9.17) is 22.9 Å². The summed E-state index contributed by atoms with van der Waals surface area (Å²) in [6.07, 6.45) is 0.556. The number of carboxylic acid groups (broad SMARTS) is 3. The number of nitrogens with one attached hydrogen (secondary N) is 8. The highest BCUT2D eigenvalue weighted by Gasteiger charge is 2.50. The number of nitrogens with zero attached hydrogens (tertiary/aromatic N) is 2. The number of amides is 11. The average molecular weight is 2110 g/mol. The Morgan fingerprint density at radius 2 is 1.06 bits per heavy atom. The number of carbonyl (C=O) groups excluding carboxylic acids is 19. The molecule has 0 radical (unpaired) electrons. The van der Waals surface area contributed by atoms with Crippen molar-refractivity contribution < 1.29 is 131 Å². The van der Waals surface area contributed by atoms with Gasteiger partial charge in [-0.2, -0.15) is 0 Å². The largest absolute Gasteiger partial charge is 0.481 e. The molecule has 3 heterocycles. The smallest absolute Gasteiger partial charge is 0.305 e. The van der Waals surface area contributed by atoms with Gasteiger partial charge in [-0.15, -0.1) is 0 Å². The molecule has 0 aromatic heterocycles. The van der Waals surface area contributed by atoms with Gasteiger partial charge in [0.2, 0.25) is 65.0 Å². The second-order valence-electron chi connectivity index (χ2n) is 42.7. The Hall–Kier alpha value is -12.1. The van der Waals surface area contributed by atoms with E-state index in [-0.39, 0.29) is 120 Å². The molecule has 41 heteroatoms. The van der Waals surface area contributed by atoms with E-state index in [1.807, 2.05) is 52.5 Å². The quantitative estimate of drug-likeness (QED) is 0.0316. The molecule has 2 bridgehead atoms. The number of aliphatic imine (C=N–C) groups is 1. The fourth-order valence-corrected chi connectivity index (χ4v) is 19.6. The minimum absolute atomic E-state index is 0.0412. The van der Waals surface area contributed by atoms with Gasteiger partial charge in [0, 0.05) is 125 Å². The standard InChI is InChI=1S/C107H162N14O27.C2H6/c1-61(2)42-71(46-65(9)123)101(144)118-84(59-122)88(128)50-69(31-34-92(109)132)99(142)113-78(33-36-95(136)137)89(129)54-76(66(10)124)104(147)116-80(47-67-26-18-17-19-27-67)90(130)57-107-38-41-121(60-107)40-25-16-14-12-13-15-23-37-106(11,91(131)53-70(32-35-94(134)135)100(143)117-83(97(111)140)55-93(110)133)120-103(146)73(44-63(5)6)52-86(126)79(45-64(7)8)114-98(141)68(28-22-24-39-108)49-85(125)81(48-74-58-112-77-30-21-20-29-75(74)77)115-102(145)72(43-62(3)4)51-87(127)82(56-96(138)139)119-105(107)148;1-2/h17-21,26-27,29-30,58,61-64,66,68-73,75-76,78-84,122,124H,12-16,22-25,28,31-57,59-60,108H2,1-11H3,(H2,109,132)(H2,110,133)(H2,111,140)(H,113,142)(H,114,141)(H,115,145)(H,116,147)(H,117,143)(H,118,144)(H,119,148)(H,120,146)(H,134,135)(H,136,137)(H,138,139);1-2H3/t66?,68-,69-,70-,71-,72-,73-,75?,76+,78+,79+,80+,81+,82+,83+,84+,106+,107-;/m1./s1. The molecule has 11 amide bonds. The van der Waals surface area contributed by atoms with Crippen LogP contribution in [0.25, 0.3) is 0 Å². The molecule has 5 rings (SSSR count). The number of primary amides is 3. The summed E-state index contributed by atoms with van der Waals surface area (Å²) in [7, 11) is 0. The third-order valence-electron chi connectivity index (χ3n) is 27.8. The molecule has 1 aromatic carbocycles. The van der Waals surface area contributed by atoms with Gasteiger partial charge in [0.25, 0.3) is 0 Å². The first-order chi connectivity index (χ1) is 70.7.